The highest BCUT2D eigenvalue weighted by Crippen LogP contribution is 2.28. The molecule has 0 bridgehead atoms. The Morgan fingerprint density at radius 2 is 1.92 bits per heavy atom. The summed E-state index contributed by atoms with van der Waals surface area (Å²) < 4.78 is 0. The van der Waals surface area contributed by atoms with Gasteiger partial charge in [0.15, 0.2) is 5.82 Å². The summed E-state index contributed by atoms with van der Waals surface area (Å²) >= 11 is 6.03. The van der Waals surface area contributed by atoms with Gasteiger partial charge in [-0.2, -0.15) is 0 Å². The number of hydrogen-bond acceptors (Lipinski definition) is 5. The Labute approximate surface area is 157 Å². The summed E-state index contributed by atoms with van der Waals surface area (Å²) in [7, 11) is 0. The lowest BCUT2D eigenvalue weighted by Gasteiger charge is -2.32. The highest BCUT2D eigenvalue weighted by atomic mass is 35.5. The minimum Gasteiger partial charge on any atom is -0.355 e. The van der Waals surface area contributed by atoms with E-state index in [1.54, 1.807) is 12.4 Å². The molecule has 0 saturated carbocycles. The van der Waals surface area contributed by atoms with Crippen molar-refractivity contribution in [3.8, 4) is 22.6 Å². The molecule has 0 radical (unpaired) electrons. The second kappa shape index (κ2) is 7.40. The topological polar surface area (TPSA) is 67.9 Å². The molecule has 1 atom stereocenters. The van der Waals surface area contributed by atoms with Crippen LogP contribution in [0.15, 0.2) is 54.9 Å². The van der Waals surface area contributed by atoms with Crippen molar-refractivity contribution in [3.05, 3.63) is 59.9 Å². The number of halogens is 1. The zero-order chi connectivity index (χ0) is 17.9. The monoisotopic (exact) mass is 365 g/mol. The number of benzene rings is 1. The smallest absolute Gasteiger partial charge is 0.163 e. The molecule has 3 heterocycles. The molecule has 3 aromatic rings. The molecule has 1 aromatic carbocycles. The molecule has 132 valence electrons. The number of nitrogens with zero attached hydrogens (tertiary/aromatic N) is 4. The molecule has 1 aliphatic heterocycles. The van der Waals surface area contributed by atoms with Crippen LogP contribution in [-0.2, 0) is 0 Å². The molecule has 2 aromatic heterocycles. The second-order valence-electron chi connectivity index (χ2n) is 6.53. The summed E-state index contributed by atoms with van der Waals surface area (Å²) in [6.45, 7) is 1.76. The third-order valence-electron chi connectivity index (χ3n) is 4.55. The molecule has 0 unspecified atom stereocenters. The van der Waals surface area contributed by atoms with Crippen molar-refractivity contribution in [1.29, 1.82) is 0 Å². The Bertz CT molecular complexity index is 882. The molecule has 0 amide bonds. The molecule has 5 nitrogen and oxygen atoms in total. The predicted octanol–water partition coefficient (Wildman–Crippen LogP) is 3.79. The lowest BCUT2D eigenvalue weighted by molar-refractivity contribution is 0.503. The van der Waals surface area contributed by atoms with Gasteiger partial charge < -0.3 is 10.6 Å². The number of piperidine rings is 1. The van der Waals surface area contributed by atoms with Crippen LogP contribution in [0, 0.1) is 0 Å². The SMILES string of the molecule is N[C@H]1CCCN(c2cc(-c3ccc(Cl)cc3)nc(-c3cccnc3)n2)C1. The average Bonchev–Trinajstić information content (AvgIpc) is 2.69. The van der Waals surface area contributed by atoms with Gasteiger partial charge in [0.05, 0.1) is 5.69 Å². The van der Waals surface area contributed by atoms with Crippen LogP contribution in [-0.4, -0.2) is 34.1 Å². The van der Waals surface area contributed by atoms with E-state index in [0.29, 0.717) is 10.8 Å². The molecular weight excluding hydrogens is 346 g/mol. The maximum absolute atomic E-state index is 6.17. The van der Waals surface area contributed by atoms with E-state index in [1.807, 2.05) is 42.5 Å². The van der Waals surface area contributed by atoms with Crippen LogP contribution in [0.3, 0.4) is 0 Å². The maximum atomic E-state index is 6.17. The fourth-order valence-electron chi connectivity index (χ4n) is 3.21. The van der Waals surface area contributed by atoms with Crippen molar-refractivity contribution >= 4 is 17.4 Å². The first kappa shape index (κ1) is 16.9. The van der Waals surface area contributed by atoms with Gasteiger partial charge in [-0.25, -0.2) is 9.97 Å². The fourth-order valence-corrected chi connectivity index (χ4v) is 3.33. The van der Waals surface area contributed by atoms with Crippen LogP contribution in [0.4, 0.5) is 5.82 Å². The van der Waals surface area contributed by atoms with Gasteiger partial charge in [0.25, 0.3) is 0 Å². The third-order valence-corrected chi connectivity index (χ3v) is 4.81. The fraction of sp³-hybridized carbons (Fsp3) is 0.250. The maximum Gasteiger partial charge on any atom is 0.163 e. The highest BCUT2D eigenvalue weighted by molar-refractivity contribution is 6.30. The second-order valence-corrected chi connectivity index (χ2v) is 6.97. The quantitative estimate of drug-likeness (QED) is 0.764. The van der Waals surface area contributed by atoms with Crippen molar-refractivity contribution in [2.45, 2.75) is 18.9 Å². The third kappa shape index (κ3) is 3.69. The number of nitrogens with two attached hydrogens (primary N) is 1. The van der Waals surface area contributed by atoms with Crippen LogP contribution in [0.2, 0.25) is 5.02 Å². The predicted molar refractivity (Wildman–Crippen MR) is 105 cm³/mol. The Morgan fingerprint density at radius 3 is 2.65 bits per heavy atom. The molecule has 0 spiro atoms. The van der Waals surface area contributed by atoms with E-state index < -0.39 is 0 Å². The van der Waals surface area contributed by atoms with Crippen LogP contribution in [0.1, 0.15) is 12.8 Å². The van der Waals surface area contributed by atoms with E-state index in [4.69, 9.17) is 27.3 Å². The number of pyridine rings is 1. The summed E-state index contributed by atoms with van der Waals surface area (Å²) in [5.74, 6) is 1.57. The largest absolute Gasteiger partial charge is 0.355 e. The van der Waals surface area contributed by atoms with Gasteiger partial charge in [-0.05, 0) is 37.1 Å². The number of aromatic nitrogens is 3. The van der Waals surface area contributed by atoms with E-state index in [2.05, 4.69) is 9.88 Å². The zero-order valence-electron chi connectivity index (χ0n) is 14.3. The van der Waals surface area contributed by atoms with Crippen molar-refractivity contribution in [2.24, 2.45) is 5.73 Å². The van der Waals surface area contributed by atoms with E-state index in [-0.39, 0.29) is 6.04 Å². The molecule has 4 rings (SSSR count). The van der Waals surface area contributed by atoms with Gasteiger partial charge in [-0.3, -0.25) is 4.98 Å². The van der Waals surface area contributed by atoms with Crippen LogP contribution < -0.4 is 10.6 Å². The summed E-state index contributed by atoms with van der Waals surface area (Å²) in [5.41, 5.74) is 8.93. The van der Waals surface area contributed by atoms with Gasteiger partial charge in [-0.15, -0.1) is 0 Å². The Kier molecular flexibility index (Phi) is 4.82. The number of anilines is 1. The Balaban J connectivity index is 1.80. The van der Waals surface area contributed by atoms with Gasteiger partial charge in [0.1, 0.15) is 5.82 Å². The summed E-state index contributed by atoms with van der Waals surface area (Å²) in [5, 5.41) is 0.706. The normalized spacial score (nSPS) is 17.3. The molecule has 1 saturated heterocycles. The van der Waals surface area contributed by atoms with E-state index in [9.17, 15) is 0 Å². The first-order chi connectivity index (χ1) is 12.7. The summed E-state index contributed by atoms with van der Waals surface area (Å²) in [4.78, 5) is 16.0. The van der Waals surface area contributed by atoms with E-state index in [1.165, 1.54) is 0 Å². The minimum atomic E-state index is 0.180. The van der Waals surface area contributed by atoms with Gasteiger partial charge in [0.2, 0.25) is 0 Å². The standard InChI is InChI=1S/C20H20ClN5/c21-16-7-5-14(6-8-16)18-11-19(26-10-2-4-17(22)13-26)25-20(24-18)15-3-1-9-23-12-15/h1,3,5-9,11-12,17H,2,4,10,13,22H2/t17-/m0/s1. The van der Waals surface area contributed by atoms with Gasteiger partial charge in [0, 0.05) is 53.7 Å². The number of rotatable bonds is 3. The lowest BCUT2D eigenvalue weighted by atomic mass is 10.1. The van der Waals surface area contributed by atoms with Crippen LogP contribution in [0.5, 0.6) is 0 Å². The molecular formula is C20H20ClN5. The molecule has 0 aliphatic carbocycles. The molecule has 26 heavy (non-hydrogen) atoms. The minimum absolute atomic E-state index is 0.180. The zero-order valence-corrected chi connectivity index (χ0v) is 15.1. The van der Waals surface area contributed by atoms with Gasteiger partial charge >= 0.3 is 0 Å². The first-order valence-corrected chi connectivity index (χ1v) is 9.13. The number of hydrogen-bond donors (Lipinski definition) is 1. The van der Waals surface area contributed by atoms with Crippen LogP contribution >= 0.6 is 11.6 Å². The average molecular weight is 366 g/mol. The molecule has 6 heteroatoms. The van der Waals surface area contributed by atoms with Gasteiger partial charge in [-0.1, -0.05) is 23.7 Å². The van der Waals surface area contributed by atoms with Crippen LogP contribution in [0.25, 0.3) is 22.6 Å². The highest BCUT2D eigenvalue weighted by Gasteiger charge is 2.20. The van der Waals surface area contributed by atoms with E-state index >= 15 is 0 Å². The van der Waals surface area contributed by atoms with Crippen molar-refractivity contribution in [2.75, 3.05) is 18.0 Å². The Morgan fingerprint density at radius 1 is 1.08 bits per heavy atom. The molecule has 1 fully saturated rings. The summed E-state index contributed by atoms with van der Waals surface area (Å²) in [6.07, 6.45) is 5.66. The lowest BCUT2D eigenvalue weighted by Crippen LogP contribution is -2.43. The molecule has 1 aliphatic rings. The van der Waals surface area contributed by atoms with E-state index in [0.717, 1.165) is 48.6 Å². The van der Waals surface area contributed by atoms with Crippen molar-refractivity contribution in [1.82, 2.24) is 15.0 Å². The van der Waals surface area contributed by atoms with Crippen molar-refractivity contribution < 1.29 is 0 Å². The Hall–Kier alpha value is -2.50. The summed E-state index contributed by atoms with van der Waals surface area (Å²) in [6, 6.07) is 13.8. The molecule has 2 N–H and O–H groups in total. The first-order valence-electron chi connectivity index (χ1n) is 8.75. The van der Waals surface area contributed by atoms with Crippen molar-refractivity contribution in [3.63, 3.8) is 0 Å².